The number of carboxylic acids is 1. The van der Waals surface area contributed by atoms with E-state index in [9.17, 15) is 9.90 Å². The van der Waals surface area contributed by atoms with Gasteiger partial charge >= 0.3 is 5.97 Å². The fourth-order valence-corrected chi connectivity index (χ4v) is 5.46. The van der Waals surface area contributed by atoms with E-state index < -0.39 is 5.97 Å². The molecule has 2 aromatic carbocycles. The summed E-state index contributed by atoms with van der Waals surface area (Å²) in [7, 11) is 0. The minimum Gasteiger partial charge on any atom is -0.478 e. The summed E-state index contributed by atoms with van der Waals surface area (Å²) in [6, 6.07) is 11.0. The van der Waals surface area contributed by atoms with Crippen molar-refractivity contribution in [1.82, 2.24) is 10.2 Å². The van der Waals surface area contributed by atoms with E-state index in [1.165, 1.54) is 24.8 Å². The summed E-state index contributed by atoms with van der Waals surface area (Å²) in [6.45, 7) is 4.08. The van der Waals surface area contributed by atoms with Gasteiger partial charge in [-0.2, -0.15) is 5.10 Å². The molecule has 0 aliphatic heterocycles. The molecule has 4 aromatic rings. The minimum absolute atomic E-state index is 0.158. The van der Waals surface area contributed by atoms with Crippen molar-refractivity contribution in [3.8, 4) is 0 Å². The minimum atomic E-state index is -0.952. The molecule has 0 saturated heterocycles. The average Bonchev–Trinajstić information content (AvgIpc) is 3.04. The summed E-state index contributed by atoms with van der Waals surface area (Å²) in [5.41, 5.74) is 6.81. The van der Waals surface area contributed by atoms with Gasteiger partial charge in [-0.1, -0.05) is 18.2 Å². The van der Waals surface area contributed by atoms with E-state index in [2.05, 4.69) is 34.6 Å². The molecule has 156 valence electrons. The average molecular weight is 413 g/mol. The molecule has 1 atom stereocenters. The zero-order valence-corrected chi connectivity index (χ0v) is 17.5. The quantitative estimate of drug-likeness (QED) is 0.442. The van der Waals surface area contributed by atoms with Gasteiger partial charge in [0.1, 0.15) is 11.1 Å². The first-order chi connectivity index (χ1) is 14.9. The highest BCUT2D eigenvalue weighted by atomic mass is 16.4. The van der Waals surface area contributed by atoms with Gasteiger partial charge in [-0.25, -0.2) is 4.79 Å². The summed E-state index contributed by atoms with van der Waals surface area (Å²) in [5.74, 6) is -0.0872. The maximum atomic E-state index is 11.6. The standard InChI is InChI=1S/C25H23N3O3/c1-13-7-17(14(2)27-20-6-4-3-5-16(20)24(29)30)22-18(8-13)21-23(31-22)19(12-26-28-21)25-9-15(10-25)11-25/h3-8,12,14-15,27H,9-11H2,1-2H3,(H,29,30)/t14-,15?,25?/m1/s1. The van der Waals surface area contributed by atoms with E-state index in [0.29, 0.717) is 5.69 Å². The molecule has 31 heavy (non-hydrogen) atoms. The van der Waals surface area contributed by atoms with Gasteiger partial charge in [-0.3, -0.25) is 0 Å². The lowest BCUT2D eigenvalue weighted by Crippen LogP contribution is -2.55. The monoisotopic (exact) mass is 413 g/mol. The van der Waals surface area contributed by atoms with Crippen LogP contribution in [0.1, 0.15) is 59.3 Å². The molecule has 3 aliphatic carbocycles. The van der Waals surface area contributed by atoms with Crippen LogP contribution in [0.3, 0.4) is 0 Å². The van der Waals surface area contributed by atoms with Crippen molar-refractivity contribution in [1.29, 1.82) is 0 Å². The predicted molar refractivity (Wildman–Crippen MR) is 119 cm³/mol. The van der Waals surface area contributed by atoms with Crippen molar-refractivity contribution in [2.45, 2.75) is 44.6 Å². The number of aromatic carboxylic acids is 1. The van der Waals surface area contributed by atoms with Crippen LogP contribution in [0.2, 0.25) is 0 Å². The Morgan fingerprint density at radius 2 is 2.00 bits per heavy atom. The second-order valence-electron chi connectivity index (χ2n) is 9.24. The molecule has 0 unspecified atom stereocenters. The van der Waals surface area contributed by atoms with Gasteiger partial charge in [0.15, 0.2) is 5.58 Å². The number of nitrogens with zero attached hydrogens (tertiary/aromatic N) is 2. The third-order valence-corrected chi connectivity index (χ3v) is 7.13. The van der Waals surface area contributed by atoms with Gasteiger partial charge in [0.25, 0.3) is 0 Å². The van der Waals surface area contributed by atoms with Crippen LogP contribution in [0.5, 0.6) is 0 Å². The lowest BCUT2D eigenvalue weighted by molar-refractivity contribution is -0.0271. The van der Waals surface area contributed by atoms with Crippen LogP contribution in [0.15, 0.2) is 47.0 Å². The van der Waals surface area contributed by atoms with Gasteiger partial charge in [-0.15, -0.1) is 5.10 Å². The topological polar surface area (TPSA) is 88.2 Å². The molecule has 3 fully saturated rings. The number of para-hydroxylation sites is 1. The van der Waals surface area contributed by atoms with E-state index >= 15 is 0 Å². The number of aryl methyl sites for hydroxylation is 1. The Kier molecular flexibility index (Phi) is 3.73. The van der Waals surface area contributed by atoms with Crippen LogP contribution in [-0.2, 0) is 5.41 Å². The zero-order valence-electron chi connectivity index (χ0n) is 17.5. The molecular formula is C25H23N3O3. The highest BCUT2D eigenvalue weighted by Gasteiger charge is 2.58. The van der Waals surface area contributed by atoms with Crippen molar-refractivity contribution in [3.05, 3.63) is 64.8 Å². The molecule has 0 amide bonds. The highest BCUT2D eigenvalue weighted by Crippen LogP contribution is 2.66. The number of hydrogen-bond donors (Lipinski definition) is 2. The van der Waals surface area contributed by atoms with Crippen molar-refractivity contribution >= 4 is 33.7 Å². The van der Waals surface area contributed by atoms with E-state index in [1.807, 2.05) is 19.2 Å². The first-order valence-corrected chi connectivity index (χ1v) is 10.7. The maximum absolute atomic E-state index is 11.6. The second kappa shape index (κ2) is 6.30. The molecule has 2 heterocycles. The maximum Gasteiger partial charge on any atom is 0.337 e. The number of furan rings is 1. The van der Waals surface area contributed by atoms with Gasteiger partial charge in [0.05, 0.1) is 17.8 Å². The third-order valence-electron chi connectivity index (χ3n) is 7.13. The number of hydrogen-bond acceptors (Lipinski definition) is 5. The van der Waals surface area contributed by atoms with Crippen LogP contribution in [-0.4, -0.2) is 21.3 Å². The van der Waals surface area contributed by atoms with E-state index in [0.717, 1.165) is 39.1 Å². The molecular weight excluding hydrogens is 390 g/mol. The van der Waals surface area contributed by atoms with Gasteiger partial charge in [-0.05, 0) is 62.8 Å². The number of carboxylic acid groups (broad SMARTS) is 1. The van der Waals surface area contributed by atoms with E-state index in [4.69, 9.17) is 4.42 Å². The van der Waals surface area contributed by atoms with Gasteiger partial charge in [0, 0.05) is 27.6 Å². The number of rotatable bonds is 5. The number of carbonyl (C=O) groups is 1. The SMILES string of the molecule is Cc1cc([C@@H](C)Nc2ccccc2C(=O)O)c2oc3c(C45CC(C4)C5)cnnc3c2c1. The number of anilines is 1. The number of benzene rings is 2. The highest BCUT2D eigenvalue weighted by molar-refractivity contribution is 6.05. The smallest absolute Gasteiger partial charge is 0.337 e. The molecule has 3 saturated carbocycles. The van der Waals surface area contributed by atoms with Crippen LogP contribution >= 0.6 is 0 Å². The largest absolute Gasteiger partial charge is 0.478 e. The number of nitrogens with one attached hydrogen (secondary N) is 1. The Bertz CT molecular complexity index is 1360. The summed E-state index contributed by atoms with van der Waals surface area (Å²) in [5, 5.41) is 22.6. The Morgan fingerprint density at radius 1 is 1.23 bits per heavy atom. The molecule has 0 spiro atoms. The van der Waals surface area contributed by atoms with Crippen LogP contribution in [0.25, 0.3) is 22.1 Å². The van der Waals surface area contributed by atoms with Crippen molar-refractivity contribution in [2.75, 3.05) is 5.32 Å². The van der Waals surface area contributed by atoms with Gasteiger partial charge in [0.2, 0.25) is 0 Å². The van der Waals surface area contributed by atoms with Crippen molar-refractivity contribution in [3.63, 3.8) is 0 Å². The normalized spacial score (nSPS) is 22.7. The molecule has 7 rings (SSSR count). The fraction of sp³-hybridized carbons (Fsp3) is 0.320. The zero-order chi connectivity index (χ0) is 21.3. The molecule has 0 radical (unpaired) electrons. The molecule has 6 nitrogen and oxygen atoms in total. The van der Waals surface area contributed by atoms with Crippen LogP contribution in [0.4, 0.5) is 5.69 Å². The van der Waals surface area contributed by atoms with Gasteiger partial charge < -0.3 is 14.8 Å². The van der Waals surface area contributed by atoms with Crippen LogP contribution < -0.4 is 5.32 Å². The molecule has 6 heteroatoms. The number of fused-ring (bicyclic) bond motifs is 3. The van der Waals surface area contributed by atoms with E-state index in [1.54, 1.807) is 18.2 Å². The lowest BCUT2D eigenvalue weighted by Gasteiger charge is -2.61. The second-order valence-corrected chi connectivity index (χ2v) is 9.24. The Morgan fingerprint density at radius 3 is 2.71 bits per heavy atom. The molecule has 2 N–H and O–H groups in total. The van der Waals surface area contributed by atoms with Crippen molar-refractivity contribution in [2.24, 2.45) is 5.92 Å². The summed E-state index contributed by atoms with van der Waals surface area (Å²) in [4.78, 5) is 11.6. The third kappa shape index (κ3) is 2.60. The Hall–Kier alpha value is -3.41. The predicted octanol–water partition coefficient (Wildman–Crippen LogP) is 5.61. The number of aromatic nitrogens is 2. The lowest BCUT2D eigenvalue weighted by atomic mass is 9.42. The first kappa shape index (κ1) is 18.4. The van der Waals surface area contributed by atoms with E-state index in [-0.39, 0.29) is 17.0 Å². The Balaban J connectivity index is 1.48. The van der Waals surface area contributed by atoms with Crippen LogP contribution in [0, 0.1) is 12.8 Å². The summed E-state index contributed by atoms with van der Waals surface area (Å²) in [6.07, 6.45) is 5.55. The molecule has 3 aliphatic rings. The Labute approximate surface area is 179 Å². The fourth-order valence-electron chi connectivity index (χ4n) is 5.46. The first-order valence-electron chi connectivity index (χ1n) is 10.7. The molecule has 2 aromatic heterocycles. The summed E-state index contributed by atoms with van der Waals surface area (Å²) >= 11 is 0. The van der Waals surface area contributed by atoms with Crippen molar-refractivity contribution < 1.29 is 14.3 Å². The summed E-state index contributed by atoms with van der Waals surface area (Å²) < 4.78 is 6.49. The molecule has 2 bridgehead atoms.